The summed E-state index contributed by atoms with van der Waals surface area (Å²) in [4.78, 5) is 54.9. The van der Waals surface area contributed by atoms with Crippen molar-refractivity contribution in [2.75, 3.05) is 13.2 Å². The number of unbranched alkanes of at least 4 members (excludes halogenated alkanes) is 1. The van der Waals surface area contributed by atoms with Crippen molar-refractivity contribution in [3.63, 3.8) is 0 Å². The molecule has 1 saturated heterocycles. The van der Waals surface area contributed by atoms with Crippen molar-refractivity contribution >= 4 is 33.8 Å². The van der Waals surface area contributed by atoms with Crippen molar-refractivity contribution in [3.05, 3.63) is 25.3 Å². The fraction of sp³-hybridized carbons (Fsp3) is 0.733. The van der Waals surface area contributed by atoms with E-state index in [1.807, 2.05) is 0 Å². The van der Waals surface area contributed by atoms with Gasteiger partial charge in [-0.3, -0.25) is 19.1 Å². The first-order valence-electron chi connectivity index (χ1n) is 15.2. The lowest BCUT2D eigenvalue weighted by Gasteiger charge is -2.33. The van der Waals surface area contributed by atoms with Gasteiger partial charge in [-0.15, -0.1) is 13.2 Å². The van der Waals surface area contributed by atoms with Crippen molar-refractivity contribution in [2.45, 2.75) is 120 Å². The second kappa shape index (κ2) is 13.6. The lowest BCUT2D eigenvalue weighted by Crippen LogP contribution is -2.60. The monoisotopic (exact) mass is 640 g/mol. The second-order valence-electron chi connectivity index (χ2n) is 13.2. The number of amides is 4. The van der Waals surface area contributed by atoms with Gasteiger partial charge in [-0.1, -0.05) is 19.1 Å². The zero-order valence-electron chi connectivity index (χ0n) is 26.4. The van der Waals surface area contributed by atoms with Crippen LogP contribution in [-0.2, 0) is 33.9 Å². The number of carbonyl (C=O) groups excluding carboxylic acids is 4. The van der Waals surface area contributed by atoms with Crippen molar-refractivity contribution in [1.29, 1.82) is 0 Å². The predicted octanol–water partition coefficient (Wildman–Crippen LogP) is 1.66. The van der Waals surface area contributed by atoms with Crippen LogP contribution in [0, 0.1) is 5.92 Å². The number of rotatable bonds is 15. The van der Waals surface area contributed by atoms with Gasteiger partial charge < -0.3 is 30.1 Å². The van der Waals surface area contributed by atoms with Crippen LogP contribution < -0.4 is 15.4 Å². The summed E-state index contributed by atoms with van der Waals surface area (Å²) < 4.78 is 38.0. The Morgan fingerprint density at radius 2 is 1.84 bits per heavy atom. The van der Waals surface area contributed by atoms with Crippen LogP contribution in [-0.4, -0.2) is 95.6 Å². The highest BCUT2D eigenvalue weighted by molar-refractivity contribution is 7.91. The van der Waals surface area contributed by atoms with Gasteiger partial charge in [-0.05, 0) is 66.2 Å². The smallest absolute Gasteiger partial charge is 0.408 e. The highest BCUT2D eigenvalue weighted by Gasteiger charge is 2.63. The van der Waals surface area contributed by atoms with Gasteiger partial charge in [-0.25, -0.2) is 13.2 Å². The normalized spacial score (nSPS) is 27.0. The fourth-order valence-electron chi connectivity index (χ4n) is 5.26. The molecular formula is C30H48N4O9S. The SMILES string of the molecule is C=CCCCOC(CC)C(NC(=O)OC(C)(C)C)C(=O)N1CC(O)CC1C(=O)NC1(C(=O)NS(=O)(=O)C2(C)CC2)CC1C=C. The van der Waals surface area contributed by atoms with Crippen molar-refractivity contribution < 1.29 is 42.2 Å². The van der Waals surface area contributed by atoms with E-state index in [0.717, 1.165) is 4.90 Å². The molecule has 0 aromatic carbocycles. The molecule has 2 saturated carbocycles. The molecule has 4 N–H and O–H groups in total. The minimum atomic E-state index is -3.97. The number of aliphatic hydroxyl groups is 1. The topological polar surface area (TPSA) is 180 Å². The Kier molecular flexibility index (Phi) is 11.0. The van der Waals surface area contributed by atoms with E-state index in [-0.39, 0.29) is 19.4 Å². The average molecular weight is 641 g/mol. The number of alkyl carbamates (subject to hydrolysis) is 1. The van der Waals surface area contributed by atoms with Crippen molar-refractivity contribution in [1.82, 2.24) is 20.3 Å². The molecule has 1 heterocycles. The molecule has 0 aromatic rings. The van der Waals surface area contributed by atoms with Crippen LogP contribution in [0.5, 0.6) is 0 Å². The zero-order chi connectivity index (χ0) is 33.1. The van der Waals surface area contributed by atoms with E-state index in [2.05, 4.69) is 28.5 Å². The van der Waals surface area contributed by atoms with Gasteiger partial charge in [0.05, 0.1) is 17.0 Å². The van der Waals surface area contributed by atoms with Crippen LogP contribution in [0.2, 0.25) is 0 Å². The third-order valence-electron chi connectivity index (χ3n) is 8.34. The standard InChI is InChI=1S/C30H48N4O9S/c1-8-11-12-15-42-22(10-3)23(31-27(39)43-28(4,5)6)25(37)34-18-20(35)16-21(34)24(36)32-30(17-19(30)9-2)26(38)33-44(40,41)29(7)13-14-29/h8-9,19-23,35H,1-2,10-18H2,3-7H3,(H,31,39)(H,32,36)(H,33,38). The molecule has 0 aromatic heterocycles. The van der Waals surface area contributed by atoms with Crippen LogP contribution in [0.1, 0.15) is 79.6 Å². The highest BCUT2D eigenvalue weighted by Crippen LogP contribution is 2.47. The van der Waals surface area contributed by atoms with Crippen LogP contribution in [0.4, 0.5) is 4.79 Å². The molecule has 44 heavy (non-hydrogen) atoms. The zero-order valence-corrected chi connectivity index (χ0v) is 27.2. The molecular weight excluding hydrogens is 592 g/mol. The van der Waals surface area contributed by atoms with Gasteiger partial charge in [0.1, 0.15) is 23.2 Å². The summed E-state index contributed by atoms with van der Waals surface area (Å²) in [6, 6.07) is -2.45. The minimum absolute atomic E-state index is 0.124. The molecule has 3 rings (SSSR count). The van der Waals surface area contributed by atoms with Crippen LogP contribution in [0.15, 0.2) is 25.3 Å². The summed E-state index contributed by atoms with van der Waals surface area (Å²) in [5.74, 6) is -2.80. The lowest BCUT2D eigenvalue weighted by atomic mass is 10.1. The molecule has 1 aliphatic heterocycles. The number of carbonyl (C=O) groups is 4. The average Bonchev–Trinajstić information content (AvgIpc) is 3.81. The Morgan fingerprint density at radius 1 is 1.18 bits per heavy atom. The predicted molar refractivity (Wildman–Crippen MR) is 163 cm³/mol. The van der Waals surface area contributed by atoms with E-state index in [0.29, 0.717) is 38.7 Å². The number of ether oxygens (including phenoxy) is 2. The number of allylic oxidation sites excluding steroid dienone is 1. The Hall–Kier alpha value is -2.97. The molecule has 248 valence electrons. The van der Waals surface area contributed by atoms with Crippen LogP contribution >= 0.6 is 0 Å². The maximum absolute atomic E-state index is 14.0. The molecule has 14 heteroatoms. The molecule has 0 bridgehead atoms. The summed E-state index contributed by atoms with van der Waals surface area (Å²) >= 11 is 0. The Bertz CT molecular complexity index is 1240. The van der Waals surface area contributed by atoms with Crippen molar-refractivity contribution in [2.24, 2.45) is 5.92 Å². The van der Waals surface area contributed by atoms with E-state index in [4.69, 9.17) is 9.47 Å². The molecule has 2 aliphatic carbocycles. The van der Waals surface area contributed by atoms with Crippen LogP contribution in [0.3, 0.4) is 0 Å². The number of likely N-dealkylation sites (tertiary alicyclic amines) is 1. The first-order chi connectivity index (χ1) is 20.4. The fourth-order valence-corrected chi connectivity index (χ4v) is 6.58. The number of β-amino-alcohol motifs (C(OH)–C–C–N with tert-alkyl or cyclic N) is 1. The maximum atomic E-state index is 14.0. The van der Waals surface area contributed by atoms with Gasteiger partial charge in [0.15, 0.2) is 0 Å². The molecule has 6 unspecified atom stereocenters. The summed E-state index contributed by atoms with van der Waals surface area (Å²) in [5.41, 5.74) is -2.41. The number of nitrogens with one attached hydrogen (secondary N) is 3. The molecule has 6 atom stereocenters. The number of hydrogen-bond acceptors (Lipinski definition) is 9. The highest BCUT2D eigenvalue weighted by atomic mass is 32.2. The minimum Gasteiger partial charge on any atom is -0.444 e. The lowest BCUT2D eigenvalue weighted by molar-refractivity contribution is -0.144. The van der Waals surface area contributed by atoms with E-state index < -0.39 is 79.9 Å². The Morgan fingerprint density at radius 3 is 2.36 bits per heavy atom. The van der Waals surface area contributed by atoms with Gasteiger partial charge in [0.25, 0.3) is 5.91 Å². The summed E-state index contributed by atoms with van der Waals surface area (Å²) in [6.45, 7) is 15.9. The molecule has 0 radical (unpaired) electrons. The van der Waals surface area contributed by atoms with Crippen molar-refractivity contribution in [3.8, 4) is 0 Å². The first-order valence-corrected chi connectivity index (χ1v) is 16.6. The summed E-state index contributed by atoms with van der Waals surface area (Å²) in [5, 5.41) is 15.8. The number of hydrogen-bond donors (Lipinski definition) is 4. The quantitative estimate of drug-likeness (QED) is 0.153. The summed E-state index contributed by atoms with van der Waals surface area (Å²) in [6.07, 6.45) is 3.05. The van der Waals surface area contributed by atoms with E-state index in [1.54, 1.807) is 40.7 Å². The first kappa shape index (κ1) is 35.5. The summed E-state index contributed by atoms with van der Waals surface area (Å²) in [7, 11) is -3.97. The Balaban J connectivity index is 1.83. The molecule has 3 fully saturated rings. The number of sulfonamides is 1. The van der Waals surface area contributed by atoms with E-state index in [1.165, 1.54) is 6.08 Å². The second-order valence-corrected chi connectivity index (χ2v) is 15.4. The molecule has 4 amide bonds. The van der Waals surface area contributed by atoms with Gasteiger partial charge >= 0.3 is 6.09 Å². The third-order valence-corrected chi connectivity index (χ3v) is 10.5. The van der Waals surface area contributed by atoms with E-state index in [9.17, 15) is 32.7 Å². The van der Waals surface area contributed by atoms with Gasteiger partial charge in [0, 0.05) is 25.5 Å². The largest absolute Gasteiger partial charge is 0.444 e. The van der Waals surface area contributed by atoms with E-state index >= 15 is 0 Å². The van der Waals surface area contributed by atoms with Gasteiger partial charge in [0.2, 0.25) is 21.8 Å². The third kappa shape index (κ3) is 8.19. The molecule has 0 spiro atoms. The molecule has 13 nitrogen and oxygen atoms in total. The molecule has 3 aliphatic rings. The maximum Gasteiger partial charge on any atom is 0.408 e. The number of nitrogens with zero attached hydrogens (tertiary/aromatic N) is 1. The number of aliphatic hydroxyl groups excluding tert-OH is 1. The van der Waals surface area contributed by atoms with Crippen LogP contribution in [0.25, 0.3) is 0 Å². The Labute approximate surface area is 260 Å². The van der Waals surface area contributed by atoms with Gasteiger partial charge in [-0.2, -0.15) is 0 Å².